The van der Waals surface area contributed by atoms with Crippen molar-refractivity contribution in [2.75, 3.05) is 12.4 Å². The van der Waals surface area contributed by atoms with Crippen LogP contribution in [0.1, 0.15) is 30.5 Å². The Bertz CT molecular complexity index is 1120. The number of benzene rings is 2. The van der Waals surface area contributed by atoms with Crippen LogP contribution < -0.4 is 10.1 Å². The molecule has 1 amide bonds. The Kier molecular flexibility index (Phi) is 7.32. The van der Waals surface area contributed by atoms with E-state index in [-0.39, 0.29) is 5.91 Å². The number of ether oxygens (including phenoxy) is 1. The molecule has 0 aliphatic heterocycles. The summed E-state index contributed by atoms with van der Waals surface area (Å²) in [5.74, 6) is 0.648. The van der Waals surface area contributed by atoms with Crippen LogP contribution in [0.25, 0.3) is 11.3 Å². The first-order valence-corrected chi connectivity index (χ1v) is 11.0. The van der Waals surface area contributed by atoms with Crippen LogP contribution in [0.15, 0.2) is 59.6 Å². The third kappa shape index (κ3) is 5.25. The number of hydrogen-bond donors (Lipinski definition) is 1. The predicted octanol–water partition coefficient (Wildman–Crippen LogP) is 5.62. The summed E-state index contributed by atoms with van der Waals surface area (Å²) in [5.41, 5.74) is 5.10. The lowest BCUT2D eigenvalue weighted by molar-refractivity contribution is -0.115. The average Bonchev–Trinajstić information content (AvgIpc) is 2.80. The summed E-state index contributed by atoms with van der Waals surface area (Å²) in [6.07, 6.45) is 0.836. The SMILES string of the molecule is CCc1cccc(C)c1NC(=O)C(C)Sc1nc(-c2ccc(OC)cc2)ccc1C#N. The van der Waals surface area contributed by atoms with Gasteiger partial charge < -0.3 is 10.1 Å². The Morgan fingerprint density at radius 1 is 1.19 bits per heavy atom. The van der Waals surface area contributed by atoms with Crippen molar-refractivity contribution < 1.29 is 9.53 Å². The lowest BCUT2D eigenvalue weighted by atomic mass is 10.1. The van der Waals surface area contributed by atoms with E-state index in [9.17, 15) is 10.1 Å². The fourth-order valence-corrected chi connectivity index (χ4v) is 4.08. The van der Waals surface area contributed by atoms with Gasteiger partial charge in [0.25, 0.3) is 0 Å². The van der Waals surface area contributed by atoms with Gasteiger partial charge in [0.15, 0.2) is 0 Å². The molecule has 3 aromatic rings. The topological polar surface area (TPSA) is 75.0 Å². The lowest BCUT2D eigenvalue weighted by Gasteiger charge is -2.16. The first-order valence-electron chi connectivity index (χ1n) is 10.1. The van der Waals surface area contributed by atoms with Gasteiger partial charge in [0, 0.05) is 11.3 Å². The van der Waals surface area contributed by atoms with Crippen molar-refractivity contribution in [3.63, 3.8) is 0 Å². The molecule has 2 aromatic carbocycles. The van der Waals surface area contributed by atoms with Crippen LogP contribution in [0, 0.1) is 18.3 Å². The molecule has 158 valence electrons. The van der Waals surface area contributed by atoms with Gasteiger partial charge in [0.2, 0.25) is 5.91 Å². The van der Waals surface area contributed by atoms with Gasteiger partial charge in [-0.15, -0.1) is 0 Å². The summed E-state index contributed by atoms with van der Waals surface area (Å²) in [5, 5.41) is 12.7. The summed E-state index contributed by atoms with van der Waals surface area (Å²) in [6.45, 7) is 5.88. The monoisotopic (exact) mass is 431 g/mol. The standard InChI is InChI=1S/C25H25N3O2S/c1-5-18-8-6-7-16(2)23(18)28-24(29)17(3)31-25-20(15-26)11-14-22(27-25)19-9-12-21(30-4)13-10-19/h6-14,17H,5H2,1-4H3,(H,28,29). The van der Waals surface area contributed by atoms with Crippen molar-refractivity contribution in [2.45, 2.75) is 37.5 Å². The number of nitrogens with zero attached hydrogens (tertiary/aromatic N) is 2. The molecule has 1 N–H and O–H groups in total. The zero-order valence-corrected chi connectivity index (χ0v) is 18.9. The van der Waals surface area contributed by atoms with Crippen molar-refractivity contribution in [1.29, 1.82) is 5.26 Å². The predicted molar refractivity (Wildman–Crippen MR) is 125 cm³/mol. The third-order valence-corrected chi connectivity index (χ3v) is 6.11. The first-order chi connectivity index (χ1) is 15.0. The van der Waals surface area contributed by atoms with Crippen LogP contribution in [0.5, 0.6) is 5.75 Å². The maximum absolute atomic E-state index is 12.9. The van der Waals surface area contributed by atoms with E-state index >= 15 is 0 Å². The minimum Gasteiger partial charge on any atom is -0.497 e. The molecule has 6 heteroatoms. The molecule has 3 rings (SSSR count). The normalized spacial score (nSPS) is 11.5. The van der Waals surface area contributed by atoms with E-state index in [4.69, 9.17) is 4.74 Å². The number of rotatable bonds is 7. The number of carbonyl (C=O) groups is 1. The molecular formula is C25H25N3O2S. The highest BCUT2D eigenvalue weighted by molar-refractivity contribution is 8.00. The molecular weight excluding hydrogens is 406 g/mol. The highest BCUT2D eigenvalue weighted by atomic mass is 32.2. The molecule has 0 spiro atoms. The van der Waals surface area contributed by atoms with Crippen molar-refractivity contribution in [3.8, 4) is 23.1 Å². The molecule has 0 saturated heterocycles. The second-order valence-electron chi connectivity index (χ2n) is 7.10. The molecule has 31 heavy (non-hydrogen) atoms. The van der Waals surface area contributed by atoms with Gasteiger partial charge in [0.1, 0.15) is 16.8 Å². The summed E-state index contributed by atoms with van der Waals surface area (Å²) < 4.78 is 5.21. The Hall–Kier alpha value is -3.30. The molecule has 0 bridgehead atoms. The van der Waals surface area contributed by atoms with Crippen molar-refractivity contribution >= 4 is 23.4 Å². The van der Waals surface area contributed by atoms with Crippen LogP contribution in [0.4, 0.5) is 5.69 Å². The largest absolute Gasteiger partial charge is 0.497 e. The summed E-state index contributed by atoms with van der Waals surface area (Å²) in [7, 11) is 1.62. The summed E-state index contributed by atoms with van der Waals surface area (Å²) in [4.78, 5) is 17.6. The number of hydrogen-bond acceptors (Lipinski definition) is 5. The summed E-state index contributed by atoms with van der Waals surface area (Å²) in [6, 6.07) is 19.3. The highest BCUT2D eigenvalue weighted by Crippen LogP contribution is 2.30. The van der Waals surface area contributed by atoms with Crippen LogP contribution in [0.3, 0.4) is 0 Å². The van der Waals surface area contributed by atoms with Crippen LogP contribution in [-0.2, 0) is 11.2 Å². The van der Waals surface area contributed by atoms with E-state index in [2.05, 4.69) is 23.3 Å². The second-order valence-corrected chi connectivity index (χ2v) is 8.43. The van der Waals surface area contributed by atoms with Gasteiger partial charge in [-0.2, -0.15) is 5.26 Å². The van der Waals surface area contributed by atoms with Gasteiger partial charge >= 0.3 is 0 Å². The molecule has 5 nitrogen and oxygen atoms in total. The Balaban J connectivity index is 1.82. The molecule has 0 saturated carbocycles. The smallest absolute Gasteiger partial charge is 0.237 e. The van der Waals surface area contributed by atoms with Gasteiger partial charge in [-0.1, -0.05) is 36.9 Å². The third-order valence-electron chi connectivity index (χ3n) is 5.01. The number of anilines is 1. The number of carbonyl (C=O) groups excluding carboxylic acids is 1. The van der Waals surface area contributed by atoms with Gasteiger partial charge in [-0.25, -0.2) is 4.98 Å². The molecule has 0 fully saturated rings. The van der Waals surface area contributed by atoms with Crippen molar-refractivity contribution in [3.05, 3.63) is 71.3 Å². The molecule has 1 atom stereocenters. The number of aromatic nitrogens is 1. The number of aryl methyl sites for hydroxylation is 2. The summed E-state index contributed by atoms with van der Waals surface area (Å²) >= 11 is 1.29. The second kappa shape index (κ2) is 10.1. The Morgan fingerprint density at radius 2 is 1.94 bits per heavy atom. The van der Waals surface area contributed by atoms with Gasteiger partial charge in [-0.05, 0) is 67.8 Å². The van der Waals surface area contributed by atoms with Gasteiger partial charge in [-0.3, -0.25) is 4.79 Å². The van der Waals surface area contributed by atoms with Gasteiger partial charge in [0.05, 0.1) is 23.6 Å². The van der Waals surface area contributed by atoms with E-state index in [1.54, 1.807) is 13.2 Å². The van der Waals surface area contributed by atoms with Crippen LogP contribution >= 0.6 is 11.8 Å². The minimum atomic E-state index is -0.421. The fraction of sp³-hybridized carbons (Fsp3) is 0.240. The number of methoxy groups -OCH3 is 1. The molecule has 1 unspecified atom stereocenters. The molecule has 0 aliphatic rings. The van der Waals surface area contributed by atoms with E-state index in [1.807, 2.05) is 62.4 Å². The zero-order chi connectivity index (χ0) is 22.4. The van der Waals surface area contributed by atoms with Crippen LogP contribution in [-0.4, -0.2) is 23.3 Å². The number of thioether (sulfide) groups is 1. The fourth-order valence-electron chi connectivity index (χ4n) is 3.19. The molecule has 0 radical (unpaired) electrons. The maximum Gasteiger partial charge on any atom is 0.237 e. The lowest BCUT2D eigenvalue weighted by Crippen LogP contribution is -2.23. The number of para-hydroxylation sites is 1. The number of nitriles is 1. The first kappa shape index (κ1) is 22.4. The maximum atomic E-state index is 12.9. The van der Waals surface area contributed by atoms with E-state index in [1.165, 1.54) is 11.8 Å². The average molecular weight is 432 g/mol. The molecule has 1 heterocycles. The van der Waals surface area contributed by atoms with Crippen molar-refractivity contribution in [2.24, 2.45) is 0 Å². The Labute approximate surface area is 187 Å². The zero-order valence-electron chi connectivity index (χ0n) is 18.1. The van der Waals surface area contributed by atoms with E-state index in [0.717, 1.165) is 40.2 Å². The van der Waals surface area contributed by atoms with Crippen LogP contribution in [0.2, 0.25) is 0 Å². The number of amides is 1. The number of pyridine rings is 1. The quantitative estimate of drug-likeness (QED) is 0.492. The van der Waals surface area contributed by atoms with E-state index < -0.39 is 5.25 Å². The molecule has 1 aromatic heterocycles. The minimum absolute atomic E-state index is 0.116. The van der Waals surface area contributed by atoms with Crippen molar-refractivity contribution in [1.82, 2.24) is 4.98 Å². The van der Waals surface area contributed by atoms with E-state index in [0.29, 0.717) is 10.6 Å². The molecule has 0 aliphatic carbocycles. The highest BCUT2D eigenvalue weighted by Gasteiger charge is 2.20. The Morgan fingerprint density at radius 3 is 2.58 bits per heavy atom. The number of nitrogens with one attached hydrogen (secondary N) is 1.